The Hall–Kier alpha value is -4.93. The Bertz CT molecular complexity index is 2130. The highest BCUT2D eigenvalue weighted by Crippen LogP contribution is 2.42. The summed E-state index contributed by atoms with van der Waals surface area (Å²) in [5.74, 6) is 0. The molecule has 0 unspecified atom stereocenters. The number of benzene rings is 6. The summed E-state index contributed by atoms with van der Waals surface area (Å²) in [7, 11) is 0. The SMILES string of the molecule is c1ccc(-c2cccc(N(c3ccc4sc5ccccc5c4c3)c3nc4ccc5ccccc5c4o3)c2)cc1. The van der Waals surface area contributed by atoms with Crippen LogP contribution < -0.4 is 4.90 Å². The van der Waals surface area contributed by atoms with Crippen molar-refractivity contribution in [1.82, 2.24) is 4.98 Å². The van der Waals surface area contributed by atoms with E-state index >= 15 is 0 Å². The third-order valence-corrected chi connectivity index (χ3v) is 8.44. The third-order valence-electron chi connectivity index (χ3n) is 7.29. The second-order valence-electron chi connectivity index (χ2n) is 9.66. The number of hydrogen-bond acceptors (Lipinski definition) is 4. The highest BCUT2D eigenvalue weighted by molar-refractivity contribution is 7.25. The van der Waals surface area contributed by atoms with E-state index in [1.165, 1.54) is 25.7 Å². The summed E-state index contributed by atoms with van der Waals surface area (Å²) in [6, 6.07) is 47.2. The van der Waals surface area contributed by atoms with E-state index in [4.69, 9.17) is 9.40 Å². The lowest BCUT2D eigenvalue weighted by Crippen LogP contribution is -2.10. The van der Waals surface area contributed by atoms with Crippen LogP contribution >= 0.6 is 11.3 Å². The number of thiophene rings is 1. The number of oxazole rings is 1. The zero-order valence-corrected chi connectivity index (χ0v) is 21.7. The van der Waals surface area contributed by atoms with Gasteiger partial charge in [-0.25, -0.2) is 0 Å². The van der Waals surface area contributed by atoms with Gasteiger partial charge in [0.05, 0.1) is 11.4 Å². The van der Waals surface area contributed by atoms with Gasteiger partial charge in [-0.05, 0) is 59.0 Å². The number of nitrogens with zero attached hydrogens (tertiary/aromatic N) is 2. The number of fused-ring (bicyclic) bond motifs is 6. The Labute approximate surface area is 229 Å². The monoisotopic (exact) mass is 518 g/mol. The molecule has 0 aliphatic heterocycles. The van der Waals surface area contributed by atoms with Crippen LogP contribution in [-0.2, 0) is 0 Å². The Balaban J connectivity index is 1.37. The van der Waals surface area contributed by atoms with Crippen LogP contribution in [0, 0.1) is 0 Å². The van der Waals surface area contributed by atoms with Crippen molar-refractivity contribution in [3.05, 3.63) is 133 Å². The van der Waals surface area contributed by atoms with Gasteiger partial charge in [0.1, 0.15) is 5.52 Å². The topological polar surface area (TPSA) is 29.3 Å². The molecule has 2 heterocycles. The highest BCUT2D eigenvalue weighted by atomic mass is 32.1. The van der Waals surface area contributed by atoms with Crippen molar-refractivity contribution in [3.63, 3.8) is 0 Å². The van der Waals surface area contributed by atoms with Gasteiger partial charge < -0.3 is 4.42 Å². The van der Waals surface area contributed by atoms with Gasteiger partial charge in [0.25, 0.3) is 0 Å². The molecule has 0 saturated carbocycles. The number of anilines is 3. The average molecular weight is 519 g/mol. The molecule has 0 spiro atoms. The standard InChI is InChI=1S/C35H22N2OS/c1-2-9-23(10-3-1)25-12-8-13-26(21-25)37(27-18-20-33-30(22-27)29-15-6-7-16-32(29)39-33)35-36-31-19-17-24-11-4-5-14-28(24)34(31)38-35/h1-22H. The fourth-order valence-electron chi connectivity index (χ4n) is 5.42. The van der Waals surface area contributed by atoms with Gasteiger partial charge in [0.15, 0.2) is 5.58 Å². The van der Waals surface area contributed by atoms with Crippen LogP contribution in [0.1, 0.15) is 0 Å². The van der Waals surface area contributed by atoms with Gasteiger partial charge in [-0.3, -0.25) is 4.90 Å². The first-order valence-corrected chi connectivity index (χ1v) is 13.8. The third kappa shape index (κ3) is 3.69. The Morgan fingerprint density at radius 3 is 2.21 bits per heavy atom. The van der Waals surface area contributed by atoms with Crippen LogP contribution in [0.2, 0.25) is 0 Å². The number of aromatic nitrogens is 1. The second kappa shape index (κ2) is 8.83. The molecule has 184 valence electrons. The van der Waals surface area contributed by atoms with Gasteiger partial charge in [-0.2, -0.15) is 4.98 Å². The molecule has 0 atom stereocenters. The highest BCUT2D eigenvalue weighted by Gasteiger charge is 2.21. The summed E-state index contributed by atoms with van der Waals surface area (Å²) < 4.78 is 9.15. The summed E-state index contributed by atoms with van der Waals surface area (Å²) >= 11 is 1.82. The van der Waals surface area contributed by atoms with Crippen molar-refractivity contribution in [2.24, 2.45) is 0 Å². The van der Waals surface area contributed by atoms with E-state index in [1.54, 1.807) is 0 Å². The fourth-order valence-corrected chi connectivity index (χ4v) is 6.50. The van der Waals surface area contributed by atoms with Crippen molar-refractivity contribution in [3.8, 4) is 11.1 Å². The second-order valence-corrected chi connectivity index (χ2v) is 10.7. The van der Waals surface area contributed by atoms with E-state index < -0.39 is 0 Å². The van der Waals surface area contributed by atoms with E-state index in [-0.39, 0.29) is 0 Å². The lowest BCUT2D eigenvalue weighted by Gasteiger charge is -2.22. The fraction of sp³-hybridized carbons (Fsp3) is 0. The quantitative estimate of drug-likeness (QED) is 0.232. The summed E-state index contributed by atoms with van der Waals surface area (Å²) in [6.07, 6.45) is 0. The van der Waals surface area contributed by atoms with E-state index in [2.05, 4.69) is 114 Å². The van der Waals surface area contributed by atoms with Crippen LogP contribution in [-0.4, -0.2) is 4.98 Å². The maximum absolute atomic E-state index is 6.60. The molecule has 8 aromatic rings. The number of rotatable bonds is 4. The first-order valence-electron chi connectivity index (χ1n) is 13.0. The molecule has 0 aliphatic carbocycles. The molecule has 0 bridgehead atoms. The minimum Gasteiger partial charge on any atom is -0.422 e. The van der Waals surface area contributed by atoms with Crippen LogP contribution in [0.4, 0.5) is 17.4 Å². The zero-order valence-electron chi connectivity index (χ0n) is 20.9. The average Bonchev–Trinajstić information content (AvgIpc) is 3.60. The van der Waals surface area contributed by atoms with Gasteiger partial charge in [-0.1, -0.05) is 91.0 Å². The van der Waals surface area contributed by atoms with Crippen molar-refractivity contribution >= 4 is 70.8 Å². The number of hydrogen-bond donors (Lipinski definition) is 0. The summed E-state index contributed by atoms with van der Waals surface area (Å²) in [4.78, 5) is 7.14. The lowest BCUT2D eigenvalue weighted by atomic mass is 10.0. The van der Waals surface area contributed by atoms with E-state index in [0.29, 0.717) is 6.01 Å². The first kappa shape index (κ1) is 22.1. The van der Waals surface area contributed by atoms with E-state index in [0.717, 1.165) is 38.8 Å². The summed E-state index contributed by atoms with van der Waals surface area (Å²) in [5.41, 5.74) is 5.95. The van der Waals surface area contributed by atoms with Gasteiger partial charge in [0.2, 0.25) is 0 Å². The van der Waals surface area contributed by atoms with Crippen molar-refractivity contribution < 1.29 is 4.42 Å². The zero-order chi connectivity index (χ0) is 25.8. The molecule has 2 aromatic heterocycles. The van der Waals surface area contributed by atoms with Crippen LogP contribution in [0.25, 0.3) is 53.2 Å². The molecular weight excluding hydrogens is 496 g/mol. The van der Waals surface area contributed by atoms with Crippen LogP contribution in [0.3, 0.4) is 0 Å². The van der Waals surface area contributed by atoms with Crippen molar-refractivity contribution in [1.29, 1.82) is 0 Å². The molecule has 6 aromatic carbocycles. The van der Waals surface area contributed by atoms with Gasteiger partial charge in [-0.15, -0.1) is 11.3 Å². The van der Waals surface area contributed by atoms with Crippen LogP contribution in [0.15, 0.2) is 138 Å². The molecular formula is C35H22N2OS. The summed E-state index contributed by atoms with van der Waals surface area (Å²) in [5, 5.41) is 4.70. The molecule has 0 amide bonds. The summed E-state index contributed by atoms with van der Waals surface area (Å²) in [6.45, 7) is 0. The lowest BCUT2D eigenvalue weighted by molar-refractivity contribution is 0.611. The minimum absolute atomic E-state index is 0.547. The van der Waals surface area contributed by atoms with E-state index in [9.17, 15) is 0 Å². The minimum atomic E-state index is 0.547. The van der Waals surface area contributed by atoms with Crippen LogP contribution in [0.5, 0.6) is 0 Å². The van der Waals surface area contributed by atoms with Gasteiger partial charge in [0, 0.05) is 25.6 Å². The smallest absolute Gasteiger partial charge is 0.307 e. The van der Waals surface area contributed by atoms with Crippen molar-refractivity contribution in [2.75, 3.05) is 4.90 Å². The maximum atomic E-state index is 6.60. The normalized spacial score (nSPS) is 11.6. The Kier molecular flexibility index (Phi) is 5.00. The Morgan fingerprint density at radius 2 is 1.28 bits per heavy atom. The molecule has 0 aliphatic rings. The molecule has 0 N–H and O–H groups in total. The Morgan fingerprint density at radius 1 is 0.538 bits per heavy atom. The molecule has 3 nitrogen and oxygen atoms in total. The predicted octanol–water partition coefficient (Wildman–Crippen LogP) is 10.5. The largest absolute Gasteiger partial charge is 0.422 e. The molecule has 0 saturated heterocycles. The van der Waals surface area contributed by atoms with Gasteiger partial charge >= 0.3 is 6.01 Å². The molecule has 0 radical (unpaired) electrons. The molecule has 4 heteroatoms. The maximum Gasteiger partial charge on any atom is 0.307 e. The first-order chi connectivity index (χ1) is 19.3. The van der Waals surface area contributed by atoms with E-state index in [1.807, 2.05) is 35.6 Å². The predicted molar refractivity (Wildman–Crippen MR) is 165 cm³/mol. The molecule has 8 rings (SSSR count). The molecule has 39 heavy (non-hydrogen) atoms. The molecule has 0 fully saturated rings. The van der Waals surface area contributed by atoms with Crippen molar-refractivity contribution in [2.45, 2.75) is 0 Å².